The molecule has 27 heavy (non-hydrogen) atoms. The van der Waals surface area contributed by atoms with Gasteiger partial charge in [0.2, 0.25) is 15.9 Å². The second-order valence-corrected chi connectivity index (χ2v) is 8.19. The Bertz CT molecular complexity index is 1110. The van der Waals surface area contributed by atoms with Crippen LogP contribution < -0.4 is 5.14 Å². The van der Waals surface area contributed by atoms with E-state index in [1.807, 2.05) is 42.8 Å². The lowest BCUT2D eigenvalue weighted by Gasteiger charge is -2.25. The molecule has 0 saturated heterocycles. The molecule has 2 heterocycles. The molecule has 2 N–H and O–H groups in total. The zero-order chi connectivity index (χ0) is 19.8. The number of sulfonamides is 1. The van der Waals surface area contributed by atoms with Crippen LogP contribution in [-0.2, 0) is 21.2 Å². The van der Waals surface area contributed by atoms with Crippen LogP contribution in [0, 0.1) is 6.92 Å². The number of hydrogen-bond donors (Lipinski definition) is 1. The van der Waals surface area contributed by atoms with Crippen LogP contribution in [0.5, 0.6) is 0 Å². The molecule has 1 unspecified atom stereocenters. The summed E-state index contributed by atoms with van der Waals surface area (Å²) in [5.74, 6) is -0.107. The van der Waals surface area contributed by atoms with Gasteiger partial charge >= 0.3 is 0 Å². The van der Waals surface area contributed by atoms with Gasteiger partial charge in [0, 0.05) is 19.4 Å². The second-order valence-electron chi connectivity index (χ2n) is 6.63. The minimum Gasteiger partial charge on any atom is -0.339 e. The van der Waals surface area contributed by atoms with Crippen molar-refractivity contribution in [3.05, 3.63) is 65.6 Å². The maximum Gasteiger partial charge on any atom is 0.238 e. The van der Waals surface area contributed by atoms with E-state index in [0.29, 0.717) is 11.3 Å². The number of carbonyl (C=O) groups excluding carboxylic acids is 1. The Morgan fingerprint density at radius 2 is 2.04 bits per heavy atom. The number of aromatic nitrogens is 2. The predicted molar refractivity (Wildman–Crippen MR) is 103 cm³/mol. The van der Waals surface area contributed by atoms with E-state index in [9.17, 15) is 13.2 Å². The molecule has 3 aromatic rings. The molecule has 2 aromatic heterocycles. The van der Waals surface area contributed by atoms with Crippen molar-refractivity contribution >= 4 is 21.6 Å². The minimum absolute atomic E-state index is 0.0310. The lowest BCUT2D eigenvalue weighted by atomic mass is 10.1. The van der Waals surface area contributed by atoms with Gasteiger partial charge in [-0.3, -0.25) is 4.79 Å². The van der Waals surface area contributed by atoms with Gasteiger partial charge in [-0.05, 0) is 43.2 Å². The number of likely N-dealkylation sites (N-methyl/N-ethyl adjacent to an activating group) is 1. The SMILES string of the molecule is Cc1cccn2cc(CC(=O)N(C)C(C)c3cccc(S(N)(=O)=O)c3)nc12. The Kier molecular flexibility index (Phi) is 5.03. The molecule has 0 fully saturated rings. The third kappa shape index (κ3) is 4.01. The van der Waals surface area contributed by atoms with Crippen LogP contribution in [-0.4, -0.2) is 35.7 Å². The number of rotatable bonds is 5. The van der Waals surface area contributed by atoms with E-state index in [4.69, 9.17) is 5.14 Å². The van der Waals surface area contributed by atoms with Gasteiger partial charge in [-0.25, -0.2) is 18.5 Å². The van der Waals surface area contributed by atoms with E-state index in [2.05, 4.69) is 4.98 Å². The molecule has 0 aliphatic heterocycles. The summed E-state index contributed by atoms with van der Waals surface area (Å²) in [7, 11) is -2.10. The van der Waals surface area contributed by atoms with E-state index >= 15 is 0 Å². The van der Waals surface area contributed by atoms with Crippen molar-refractivity contribution in [2.24, 2.45) is 5.14 Å². The fraction of sp³-hybridized carbons (Fsp3) is 0.263. The summed E-state index contributed by atoms with van der Waals surface area (Å²) >= 11 is 0. The van der Waals surface area contributed by atoms with E-state index < -0.39 is 10.0 Å². The van der Waals surface area contributed by atoms with Crippen molar-refractivity contribution in [1.82, 2.24) is 14.3 Å². The van der Waals surface area contributed by atoms with Crippen LogP contribution in [0.1, 0.15) is 29.8 Å². The number of benzene rings is 1. The highest BCUT2D eigenvalue weighted by Gasteiger charge is 2.20. The van der Waals surface area contributed by atoms with Crippen LogP contribution in [0.25, 0.3) is 5.65 Å². The molecule has 1 atom stereocenters. The number of amides is 1. The highest BCUT2D eigenvalue weighted by Crippen LogP contribution is 2.22. The third-order valence-electron chi connectivity index (χ3n) is 4.70. The van der Waals surface area contributed by atoms with Crippen molar-refractivity contribution < 1.29 is 13.2 Å². The number of nitrogens with two attached hydrogens (primary N) is 1. The summed E-state index contributed by atoms with van der Waals surface area (Å²) in [6, 6.07) is 9.93. The second kappa shape index (κ2) is 7.13. The molecule has 3 rings (SSSR count). The van der Waals surface area contributed by atoms with E-state index in [1.54, 1.807) is 24.1 Å². The van der Waals surface area contributed by atoms with Crippen LogP contribution >= 0.6 is 0 Å². The van der Waals surface area contributed by atoms with E-state index in [-0.39, 0.29) is 23.3 Å². The Balaban J connectivity index is 1.79. The van der Waals surface area contributed by atoms with Gasteiger partial charge in [0.15, 0.2) is 0 Å². The first-order valence-electron chi connectivity index (χ1n) is 8.48. The number of imidazole rings is 1. The van der Waals surface area contributed by atoms with Gasteiger partial charge in [0.25, 0.3) is 0 Å². The highest BCUT2D eigenvalue weighted by molar-refractivity contribution is 7.89. The summed E-state index contributed by atoms with van der Waals surface area (Å²) in [6.45, 7) is 3.81. The number of pyridine rings is 1. The molecular weight excluding hydrogens is 364 g/mol. The average molecular weight is 386 g/mol. The first-order valence-corrected chi connectivity index (χ1v) is 10.0. The summed E-state index contributed by atoms with van der Waals surface area (Å²) in [5.41, 5.74) is 3.25. The Hall–Kier alpha value is -2.71. The van der Waals surface area contributed by atoms with Gasteiger partial charge < -0.3 is 9.30 Å². The number of aryl methyl sites for hydroxylation is 1. The maximum atomic E-state index is 12.7. The molecule has 0 radical (unpaired) electrons. The van der Waals surface area contributed by atoms with Crippen LogP contribution in [0.2, 0.25) is 0 Å². The first-order chi connectivity index (χ1) is 12.7. The topological polar surface area (TPSA) is 97.8 Å². The maximum absolute atomic E-state index is 12.7. The van der Waals surface area contributed by atoms with Crippen LogP contribution in [0.3, 0.4) is 0 Å². The normalized spacial score (nSPS) is 12.9. The molecule has 7 nitrogen and oxygen atoms in total. The average Bonchev–Trinajstić information content (AvgIpc) is 3.03. The lowest BCUT2D eigenvalue weighted by molar-refractivity contribution is -0.131. The molecule has 142 valence electrons. The van der Waals surface area contributed by atoms with Crippen LogP contribution in [0.4, 0.5) is 0 Å². The number of fused-ring (bicyclic) bond motifs is 1. The van der Waals surface area contributed by atoms with E-state index in [0.717, 1.165) is 11.2 Å². The summed E-state index contributed by atoms with van der Waals surface area (Å²) in [6.07, 6.45) is 3.91. The van der Waals surface area contributed by atoms with Crippen molar-refractivity contribution in [3.8, 4) is 0 Å². The highest BCUT2D eigenvalue weighted by atomic mass is 32.2. The summed E-state index contributed by atoms with van der Waals surface area (Å²) in [5, 5.41) is 5.19. The molecule has 8 heteroatoms. The van der Waals surface area contributed by atoms with E-state index in [1.165, 1.54) is 12.1 Å². The first kappa shape index (κ1) is 19.1. The Labute approximate surface area is 158 Å². The molecule has 0 spiro atoms. The molecule has 0 bridgehead atoms. The third-order valence-corrected chi connectivity index (χ3v) is 5.61. The van der Waals surface area contributed by atoms with Crippen LogP contribution in [0.15, 0.2) is 53.7 Å². The number of primary sulfonamides is 1. The largest absolute Gasteiger partial charge is 0.339 e. The smallest absolute Gasteiger partial charge is 0.238 e. The van der Waals surface area contributed by atoms with Gasteiger partial charge in [-0.15, -0.1) is 0 Å². The fourth-order valence-electron chi connectivity index (χ4n) is 2.96. The van der Waals surface area contributed by atoms with Crippen molar-refractivity contribution in [1.29, 1.82) is 0 Å². The molecule has 1 amide bonds. The molecule has 1 aromatic carbocycles. The molecule has 0 saturated carbocycles. The van der Waals surface area contributed by atoms with Crippen molar-refractivity contribution in [2.45, 2.75) is 31.2 Å². The monoisotopic (exact) mass is 386 g/mol. The van der Waals surface area contributed by atoms with Gasteiger partial charge in [0.05, 0.1) is 23.1 Å². The number of carbonyl (C=O) groups is 1. The lowest BCUT2D eigenvalue weighted by Crippen LogP contribution is -2.31. The molecular formula is C19H22N4O3S. The summed E-state index contributed by atoms with van der Waals surface area (Å²) in [4.78, 5) is 18.9. The molecule has 0 aliphatic carbocycles. The molecule has 0 aliphatic rings. The zero-order valence-electron chi connectivity index (χ0n) is 15.5. The summed E-state index contributed by atoms with van der Waals surface area (Å²) < 4.78 is 25.0. The Morgan fingerprint density at radius 3 is 2.70 bits per heavy atom. The van der Waals surface area contributed by atoms with Gasteiger partial charge in [-0.1, -0.05) is 18.2 Å². The number of nitrogens with zero attached hydrogens (tertiary/aromatic N) is 3. The van der Waals surface area contributed by atoms with Crippen molar-refractivity contribution in [2.75, 3.05) is 7.05 Å². The Morgan fingerprint density at radius 1 is 1.30 bits per heavy atom. The fourth-order valence-corrected chi connectivity index (χ4v) is 3.53. The van der Waals surface area contributed by atoms with Gasteiger partial charge in [-0.2, -0.15) is 0 Å². The minimum atomic E-state index is -3.79. The van der Waals surface area contributed by atoms with Gasteiger partial charge in [0.1, 0.15) is 5.65 Å². The van der Waals surface area contributed by atoms with Crippen molar-refractivity contribution in [3.63, 3.8) is 0 Å². The standard InChI is InChI=1S/C19H22N4O3S/c1-13-6-5-9-23-12-16(21-19(13)23)11-18(24)22(3)14(2)15-7-4-8-17(10-15)27(20,25)26/h4-10,12,14H,11H2,1-3H3,(H2,20,25,26). The zero-order valence-corrected chi connectivity index (χ0v) is 16.3. The predicted octanol–water partition coefficient (Wildman–Crippen LogP) is 2.05. The number of hydrogen-bond acceptors (Lipinski definition) is 4. The quantitative estimate of drug-likeness (QED) is 0.726.